The normalized spacial score (nSPS) is 18.1. The Labute approximate surface area is 146 Å². The van der Waals surface area contributed by atoms with Gasteiger partial charge in [0.15, 0.2) is 0 Å². The van der Waals surface area contributed by atoms with E-state index in [2.05, 4.69) is 84.3 Å². The molecule has 0 N–H and O–H groups in total. The Balaban J connectivity index is -0.000000243. The van der Waals surface area contributed by atoms with E-state index in [-0.39, 0.29) is 0 Å². The molecule has 0 saturated heterocycles. The van der Waals surface area contributed by atoms with E-state index in [0.29, 0.717) is 15.8 Å². The average Bonchev–Trinajstić information content (AvgIpc) is 2.49. The van der Waals surface area contributed by atoms with Crippen molar-refractivity contribution < 1.29 is 17.3 Å². The van der Waals surface area contributed by atoms with Crippen molar-refractivity contribution in [2.45, 2.75) is 34.6 Å². The van der Waals surface area contributed by atoms with Crippen molar-refractivity contribution in [2.75, 3.05) is 40.0 Å². The van der Waals surface area contributed by atoms with Gasteiger partial charge in [-0.15, -0.1) is 15.8 Å². The molecule has 0 spiro atoms. The van der Waals surface area contributed by atoms with Gasteiger partial charge in [-0.2, -0.15) is 0 Å². The van der Waals surface area contributed by atoms with Gasteiger partial charge in [0.1, 0.15) is 0 Å². The second-order valence-corrected chi connectivity index (χ2v) is 11.2. The van der Waals surface area contributed by atoms with Gasteiger partial charge >= 0.3 is 27.0 Å². The van der Waals surface area contributed by atoms with Gasteiger partial charge in [-0.3, -0.25) is 0 Å². The molecule has 0 aromatic rings. The molecule has 0 heterocycles. The van der Waals surface area contributed by atoms with Gasteiger partial charge in [-0.1, -0.05) is 34.6 Å². The van der Waals surface area contributed by atoms with E-state index in [1.54, 1.807) is 0 Å². The molecule has 0 amide bonds. The molecule has 0 unspecified atom stereocenters. The van der Waals surface area contributed by atoms with Crippen molar-refractivity contribution in [2.24, 2.45) is 0 Å². The average molecular weight is 424 g/mol. The van der Waals surface area contributed by atoms with Crippen LogP contribution in [0.2, 0.25) is 0 Å². The van der Waals surface area contributed by atoms with Crippen molar-refractivity contribution in [3.05, 3.63) is 29.6 Å². The van der Waals surface area contributed by atoms with Crippen molar-refractivity contribution in [3.8, 4) is 0 Å². The first-order valence-corrected chi connectivity index (χ1v) is 14.2. The van der Waals surface area contributed by atoms with Crippen LogP contribution in [0.4, 0.5) is 0 Å². The van der Waals surface area contributed by atoms with Gasteiger partial charge < -0.3 is 0 Å². The Morgan fingerprint density at radius 2 is 0.550 bits per heavy atom. The molecule has 20 heavy (non-hydrogen) atoms. The molecule has 1 aliphatic carbocycles. The number of hydrogen-bond donors (Lipinski definition) is 0. The van der Waals surface area contributed by atoms with Gasteiger partial charge in [0.2, 0.25) is 0 Å². The van der Waals surface area contributed by atoms with Crippen LogP contribution in [0.3, 0.4) is 0 Å². The first-order valence-electron chi connectivity index (χ1n) is 6.57. The SMILES string of the molecule is CP(C)C.CP(C)C.C[C]1[C](C)[C](C)[C](C)[C]1C.[Cl][Ru]. The zero-order valence-corrected chi connectivity index (χ0v) is 19.4. The topological polar surface area (TPSA) is 0 Å². The van der Waals surface area contributed by atoms with Crippen LogP contribution in [-0.4, -0.2) is 40.0 Å². The first-order chi connectivity index (χ1) is 9.02. The second kappa shape index (κ2) is 15.7. The van der Waals surface area contributed by atoms with E-state index >= 15 is 0 Å². The molecule has 122 valence electrons. The summed E-state index contributed by atoms with van der Waals surface area (Å²) >= 11 is 1.82. The number of rotatable bonds is 0. The molecular weight excluding hydrogens is 391 g/mol. The summed E-state index contributed by atoms with van der Waals surface area (Å²) in [5, 5.41) is 0. The molecular formula is C16H33ClP2Ru. The summed E-state index contributed by atoms with van der Waals surface area (Å²) in [6.07, 6.45) is 0. The monoisotopic (exact) mass is 424 g/mol. The summed E-state index contributed by atoms with van der Waals surface area (Å²) in [5.41, 5.74) is 0. The van der Waals surface area contributed by atoms with Gasteiger partial charge in [-0.25, -0.2) is 0 Å². The number of halogens is 1. The summed E-state index contributed by atoms with van der Waals surface area (Å²) in [4.78, 5) is 0. The fourth-order valence-electron chi connectivity index (χ4n) is 1.41. The Kier molecular flexibility index (Phi) is 20.9. The molecule has 1 rings (SSSR count). The van der Waals surface area contributed by atoms with Gasteiger partial charge in [0.25, 0.3) is 0 Å². The molecule has 0 aromatic heterocycles. The van der Waals surface area contributed by atoms with E-state index in [9.17, 15) is 0 Å². The van der Waals surface area contributed by atoms with Crippen molar-refractivity contribution >= 4 is 25.5 Å². The van der Waals surface area contributed by atoms with Crippen LogP contribution in [0.15, 0.2) is 0 Å². The molecule has 0 atom stereocenters. The van der Waals surface area contributed by atoms with Crippen molar-refractivity contribution in [3.63, 3.8) is 0 Å². The quantitative estimate of drug-likeness (QED) is 0.313. The van der Waals surface area contributed by atoms with Gasteiger partial charge in [0.05, 0.1) is 0 Å². The molecule has 1 saturated carbocycles. The van der Waals surface area contributed by atoms with Gasteiger partial charge in [0, 0.05) is 0 Å². The zero-order chi connectivity index (χ0) is 17.0. The molecule has 1 fully saturated rings. The summed E-state index contributed by atoms with van der Waals surface area (Å²) < 4.78 is 0. The zero-order valence-electron chi connectivity index (χ0n) is 15.1. The van der Waals surface area contributed by atoms with Crippen molar-refractivity contribution in [1.82, 2.24) is 0 Å². The second-order valence-electron chi connectivity index (χ2n) is 5.81. The molecule has 0 nitrogen and oxygen atoms in total. The minimum absolute atomic E-state index is 0.380. The predicted molar refractivity (Wildman–Crippen MR) is 99.8 cm³/mol. The van der Waals surface area contributed by atoms with Crippen LogP contribution in [0.25, 0.3) is 0 Å². The maximum atomic E-state index is 4.57. The van der Waals surface area contributed by atoms with E-state index in [0.717, 1.165) is 0 Å². The molecule has 1 aliphatic rings. The maximum absolute atomic E-state index is 4.57. The number of hydrogen-bond acceptors (Lipinski definition) is 0. The summed E-state index contributed by atoms with van der Waals surface area (Å²) in [6.45, 7) is 24.4. The Morgan fingerprint density at radius 3 is 0.600 bits per heavy atom. The molecule has 0 aliphatic heterocycles. The van der Waals surface area contributed by atoms with E-state index in [4.69, 9.17) is 0 Å². The third-order valence-corrected chi connectivity index (χ3v) is 2.81. The summed E-state index contributed by atoms with van der Waals surface area (Å²) in [7, 11) is 5.33. The summed E-state index contributed by atoms with van der Waals surface area (Å²) in [6, 6.07) is 0. The third-order valence-electron chi connectivity index (χ3n) is 2.81. The van der Waals surface area contributed by atoms with Crippen LogP contribution in [0, 0.1) is 29.6 Å². The molecule has 4 heteroatoms. The van der Waals surface area contributed by atoms with Crippen LogP contribution in [-0.2, 0) is 17.3 Å². The minimum atomic E-state index is 0.380. The fourth-order valence-corrected chi connectivity index (χ4v) is 1.41. The van der Waals surface area contributed by atoms with E-state index in [1.165, 1.54) is 29.6 Å². The molecule has 5 radical (unpaired) electrons. The Bertz CT molecular complexity index is 145. The Hall–Kier alpha value is 1.77. The van der Waals surface area contributed by atoms with Gasteiger partial charge in [-0.05, 0) is 69.6 Å². The van der Waals surface area contributed by atoms with Crippen molar-refractivity contribution in [1.29, 1.82) is 0 Å². The van der Waals surface area contributed by atoms with E-state index in [1.807, 2.05) is 17.3 Å². The van der Waals surface area contributed by atoms with Crippen LogP contribution in [0.5, 0.6) is 0 Å². The molecule has 0 aromatic carbocycles. The van der Waals surface area contributed by atoms with Crippen LogP contribution >= 0.6 is 25.5 Å². The Morgan fingerprint density at radius 1 is 0.500 bits per heavy atom. The third kappa shape index (κ3) is 14.7. The summed E-state index contributed by atoms with van der Waals surface area (Å²) in [5.74, 6) is 7.34. The fraction of sp³-hybridized carbons (Fsp3) is 0.688. The van der Waals surface area contributed by atoms with Crippen LogP contribution in [0.1, 0.15) is 34.6 Å². The molecule has 0 bridgehead atoms. The standard InChI is InChI=1S/C10H15.2C3H9P.ClH.Ru/c1-6-7(2)9(4)10(5)8(6)3;2*1-4(2)3;;/h1-5H3;2*1-3H3;1H;/q;;;;+1/p-1. The van der Waals surface area contributed by atoms with E-state index < -0.39 is 0 Å². The first kappa shape index (κ1) is 26.7. The predicted octanol–water partition coefficient (Wildman–Crippen LogP) is 6.37. The van der Waals surface area contributed by atoms with Crippen LogP contribution < -0.4 is 0 Å².